The number of carbonyl (C=O) groups is 1. The predicted molar refractivity (Wildman–Crippen MR) is 76.4 cm³/mol. The van der Waals surface area contributed by atoms with Crippen LogP contribution >= 0.6 is 0 Å². The maximum absolute atomic E-state index is 11.0. The smallest absolute Gasteiger partial charge is 0.341 e. The molecule has 1 aliphatic rings. The number of carboxylic acids is 1. The number of aromatic nitrogens is 2. The van der Waals surface area contributed by atoms with Crippen molar-refractivity contribution in [3.8, 4) is 5.69 Å². The third-order valence-electron chi connectivity index (χ3n) is 3.60. The van der Waals surface area contributed by atoms with Gasteiger partial charge in [0.15, 0.2) is 0 Å². The second-order valence-electron chi connectivity index (χ2n) is 4.87. The minimum atomic E-state index is -1.07. The Morgan fingerprint density at radius 2 is 1.75 bits per heavy atom. The first-order valence-corrected chi connectivity index (χ1v) is 6.59. The summed E-state index contributed by atoms with van der Waals surface area (Å²) in [7, 11) is 0. The third kappa shape index (κ3) is 2.09. The number of carboxylic acid groups (broad SMARTS) is 1. The lowest BCUT2D eigenvalue weighted by atomic mass is 10.2. The molecular formula is C14H16N4O2. The number of anilines is 2. The number of rotatable bonds is 3. The van der Waals surface area contributed by atoms with Crippen LogP contribution in [-0.4, -0.2) is 33.9 Å². The van der Waals surface area contributed by atoms with Gasteiger partial charge in [-0.1, -0.05) is 0 Å². The van der Waals surface area contributed by atoms with E-state index in [4.69, 9.17) is 10.8 Å². The lowest BCUT2D eigenvalue weighted by Gasteiger charge is -2.17. The molecule has 0 amide bonds. The highest BCUT2D eigenvalue weighted by Gasteiger charge is 2.16. The molecule has 1 saturated heterocycles. The van der Waals surface area contributed by atoms with Gasteiger partial charge in [-0.3, -0.25) is 0 Å². The molecule has 6 nitrogen and oxygen atoms in total. The molecule has 3 rings (SSSR count). The average molecular weight is 272 g/mol. The van der Waals surface area contributed by atoms with Crippen LogP contribution in [0.2, 0.25) is 0 Å². The fourth-order valence-corrected chi connectivity index (χ4v) is 2.51. The van der Waals surface area contributed by atoms with E-state index in [2.05, 4.69) is 10.00 Å². The highest BCUT2D eigenvalue weighted by atomic mass is 16.4. The van der Waals surface area contributed by atoms with Crippen molar-refractivity contribution in [3.05, 3.63) is 36.0 Å². The molecule has 6 heteroatoms. The predicted octanol–water partition coefficient (Wildman–Crippen LogP) is 1.75. The van der Waals surface area contributed by atoms with Gasteiger partial charge in [-0.05, 0) is 37.1 Å². The van der Waals surface area contributed by atoms with Crippen LogP contribution in [0, 0.1) is 0 Å². The van der Waals surface area contributed by atoms with Crippen LogP contribution < -0.4 is 10.6 Å². The van der Waals surface area contributed by atoms with E-state index < -0.39 is 5.97 Å². The maximum atomic E-state index is 11.0. The molecule has 0 bridgehead atoms. The van der Waals surface area contributed by atoms with Crippen molar-refractivity contribution in [3.63, 3.8) is 0 Å². The van der Waals surface area contributed by atoms with Crippen molar-refractivity contribution < 1.29 is 9.90 Å². The van der Waals surface area contributed by atoms with Crippen LogP contribution in [0.1, 0.15) is 23.2 Å². The molecule has 0 unspecified atom stereocenters. The largest absolute Gasteiger partial charge is 0.477 e. The van der Waals surface area contributed by atoms with E-state index >= 15 is 0 Å². The Kier molecular flexibility index (Phi) is 3.06. The Balaban J connectivity index is 1.89. The number of aromatic carboxylic acids is 1. The second-order valence-corrected chi connectivity index (χ2v) is 4.87. The first kappa shape index (κ1) is 12.5. The van der Waals surface area contributed by atoms with Gasteiger partial charge in [-0.15, -0.1) is 0 Å². The molecule has 3 N–H and O–H groups in total. The molecule has 2 aromatic rings. The summed E-state index contributed by atoms with van der Waals surface area (Å²) in [4.78, 5) is 13.3. The van der Waals surface area contributed by atoms with E-state index in [1.54, 1.807) is 0 Å². The van der Waals surface area contributed by atoms with Crippen LogP contribution in [0.15, 0.2) is 30.5 Å². The Bertz CT molecular complexity index is 627. The maximum Gasteiger partial charge on any atom is 0.341 e. The summed E-state index contributed by atoms with van der Waals surface area (Å²) < 4.78 is 1.44. The Morgan fingerprint density at radius 3 is 2.30 bits per heavy atom. The van der Waals surface area contributed by atoms with Crippen LogP contribution in [0.5, 0.6) is 0 Å². The van der Waals surface area contributed by atoms with Gasteiger partial charge < -0.3 is 15.7 Å². The summed E-state index contributed by atoms with van der Waals surface area (Å²) in [6, 6.07) is 7.84. The average Bonchev–Trinajstić information content (AvgIpc) is 3.08. The highest BCUT2D eigenvalue weighted by molar-refractivity contribution is 5.92. The zero-order chi connectivity index (χ0) is 14.1. The number of nitrogen functional groups attached to an aromatic ring is 1. The van der Waals surface area contributed by atoms with Gasteiger partial charge in [0, 0.05) is 18.8 Å². The summed E-state index contributed by atoms with van der Waals surface area (Å²) in [6.07, 6.45) is 3.73. The number of nitrogens with two attached hydrogens (primary N) is 1. The normalized spacial score (nSPS) is 14.7. The fourth-order valence-electron chi connectivity index (χ4n) is 2.51. The van der Waals surface area contributed by atoms with Gasteiger partial charge in [-0.2, -0.15) is 5.10 Å². The van der Waals surface area contributed by atoms with Gasteiger partial charge in [0.05, 0.1) is 11.9 Å². The summed E-state index contributed by atoms with van der Waals surface area (Å²) in [6.45, 7) is 2.18. The lowest BCUT2D eigenvalue weighted by molar-refractivity contribution is 0.0698. The van der Waals surface area contributed by atoms with Gasteiger partial charge in [0.1, 0.15) is 11.4 Å². The van der Waals surface area contributed by atoms with Crippen LogP contribution in [0.25, 0.3) is 5.69 Å². The van der Waals surface area contributed by atoms with Crippen molar-refractivity contribution in [1.29, 1.82) is 0 Å². The van der Waals surface area contributed by atoms with E-state index in [9.17, 15) is 4.79 Å². The summed E-state index contributed by atoms with van der Waals surface area (Å²) >= 11 is 0. The van der Waals surface area contributed by atoms with Crippen LogP contribution in [0.4, 0.5) is 11.5 Å². The monoisotopic (exact) mass is 272 g/mol. The topological polar surface area (TPSA) is 84.4 Å². The summed E-state index contributed by atoms with van der Waals surface area (Å²) in [5.74, 6) is -0.922. The van der Waals surface area contributed by atoms with Gasteiger partial charge in [0.25, 0.3) is 0 Å². The summed E-state index contributed by atoms with van der Waals surface area (Å²) in [5.41, 5.74) is 7.77. The summed E-state index contributed by atoms with van der Waals surface area (Å²) in [5, 5.41) is 13.0. The van der Waals surface area contributed by atoms with E-state index in [1.165, 1.54) is 29.4 Å². The third-order valence-corrected chi connectivity index (χ3v) is 3.60. The molecule has 0 spiro atoms. The molecule has 1 fully saturated rings. The van der Waals surface area contributed by atoms with Crippen molar-refractivity contribution in [1.82, 2.24) is 9.78 Å². The molecule has 0 radical (unpaired) electrons. The Labute approximate surface area is 116 Å². The van der Waals surface area contributed by atoms with E-state index in [0.29, 0.717) is 0 Å². The molecule has 0 aliphatic carbocycles. The first-order chi connectivity index (χ1) is 9.66. The fraction of sp³-hybridized carbons (Fsp3) is 0.286. The SMILES string of the molecule is Nc1c(C(=O)O)cnn1-c1ccc(N2CCCC2)cc1. The number of benzene rings is 1. The van der Waals surface area contributed by atoms with Crippen molar-refractivity contribution in [2.24, 2.45) is 0 Å². The van der Waals surface area contributed by atoms with Crippen LogP contribution in [-0.2, 0) is 0 Å². The molecule has 2 heterocycles. The number of hydrogen-bond donors (Lipinski definition) is 2. The van der Waals surface area contributed by atoms with E-state index in [1.807, 2.05) is 24.3 Å². The minimum Gasteiger partial charge on any atom is -0.477 e. The lowest BCUT2D eigenvalue weighted by Crippen LogP contribution is -2.17. The first-order valence-electron chi connectivity index (χ1n) is 6.59. The molecule has 1 aromatic heterocycles. The van der Waals surface area contributed by atoms with E-state index in [-0.39, 0.29) is 11.4 Å². The zero-order valence-electron chi connectivity index (χ0n) is 11.0. The molecule has 1 aliphatic heterocycles. The Hall–Kier alpha value is -2.50. The highest BCUT2D eigenvalue weighted by Crippen LogP contribution is 2.23. The molecule has 1 aromatic carbocycles. The molecule has 104 valence electrons. The van der Waals surface area contributed by atoms with Gasteiger partial charge >= 0.3 is 5.97 Å². The van der Waals surface area contributed by atoms with E-state index in [0.717, 1.165) is 18.8 Å². The van der Waals surface area contributed by atoms with Crippen molar-refractivity contribution >= 4 is 17.5 Å². The number of nitrogens with zero attached hydrogens (tertiary/aromatic N) is 3. The van der Waals surface area contributed by atoms with Gasteiger partial charge in [-0.25, -0.2) is 9.48 Å². The molecule has 20 heavy (non-hydrogen) atoms. The zero-order valence-corrected chi connectivity index (χ0v) is 11.0. The number of hydrogen-bond acceptors (Lipinski definition) is 4. The standard InChI is InChI=1S/C14H16N4O2/c15-13-12(14(19)20)9-16-18(13)11-5-3-10(4-6-11)17-7-1-2-8-17/h3-6,9H,1-2,7-8,15H2,(H,19,20). The quantitative estimate of drug-likeness (QED) is 0.889. The molecule has 0 saturated carbocycles. The van der Waals surface area contributed by atoms with Gasteiger partial charge in [0.2, 0.25) is 0 Å². The minimum absolute atomic E-state index is 0.0219. The second kappa shape index (κ2) is 4.88. The van der Waals surface area contributed by atoms with Crippen LogP contribution in [0.3, 0.4) is 0 Å². The van der Waals surface area contributed by atoms with Crippen molar-refractivity contribution in [2.45, 2.75) is 12.8 Å². The molecule has 0 atom stereocenters. The van der Waals surface area contributed by atoms with Crippen molar-refractivity contribution in [2.75, 3.05) is 23.7 Å². The molecular weight excluding hydrogens is 256 g/mol. The Morgan fingerprint density at radius 1 is 1.15 bits per heavy atom.